The van der Waals surface area contributed by atoms with Crippen LogP contribution in [0.2, 0.25) is 0 Å². The summed E-state index contributed by atoms with van der Waals surface area (Å²) in [6, 6.07) is 6.33. The van der Waals surface area contributed by atoms with Crippen molar-refractivity contribution in [1.82, 2.24) is 0 Å². The van der Waals surface area contributed by atoms with Crippen molar-refractivity contribution < 1.29 is 9.18 Å². The highest BCUT2D eigenvalue weighted by Gasteiger charge is 2.12. The Morgan fingerprint density at radius 2 is 2.07 bits per heavy atom. The number of benzene rings is 1. The van der Waals surface area contributed by atoms with Gasteiger partial charge in [0.05, 0.1) is 0 Å². The molecule has 2 heteroatoms. The Balaban J connectivity index is 3.15. The number of rotatable bonds is 3. The Hall–Kier alpha value is -1.44. The first-order valence-electron chi connectivity index (χ1n) is 4.65. The number of hydrogen-bond donors (Lipinski definition) is 0. The summed E-state index contributed by atoms with van der Waals surface area (Å²) in [7, 11) is 0. The van der Waals surface area contributed by atoms with Crippen molar-refractivity contribution in [2.24, 2.45) is 0 Å². The second kappa shape index (κ2) is 4.70. The van der Waals surface area contributed by atoms with Crippen molar-refractivity contribution in [2.45, 2.75) is 20.3 Å². The van der Waals surface area contributed by atoms with E-state index in [2.05, 4.69) is 0 Å². The molecule has 0 saturated carbocycles. The van der Waals surface area contributed by atoms with Crippen LogP contribution in [0.3, 0.4) is 0 Å². The van der Waals surface area contributed by atoms with Crippen LogP contribution >= 0.6 is 0 Å². The lowest BCUT2D eigenvalue weighted by Gasteiger charge is -2.05. The molecule has 1 nitrogen and oxygen atoms in total. The molecule has 0 N–H and O–H groups in total. The maximum atomic E-state index is 13.3. The Kier molecular flexibility index (Phi) is 3.57. The molecule has 0 unspecified atom stereocenters. The van der Waals surface area contributed by atoms with Crippen molar-refractivity contribution in [2.75, 3.05) is 0 Å². The lowest BCUT2D eigenvalue weighted by Crippen LogP contribution is -2.01. The van der Waals surface area contributed by atoms with Crippen LogP contribution in [0.4, 0.5) is 4.39 Å². The summed E-state index contributed by atoms with van der Waals surface area (Å²) in [4.78, 5) is 11.5. The normalized spacial score (nSPS) is 11.5. The van der Waals surface area contributed by atoms with Gasteiger partial charge in [-0.1, -0.05) is 31.2 Å². The van der Waals surface area contributed by atoms with Crippen LogP contribution in [-0.4, -0.2) is 5.78 Å². The van der Waals surface area contributed by atoms with E-state index in [4.69, 9.17) is 0 Å². The molecule has 0 aliphatic carbocycles. The summed E-state index contributed by atoms with van der Waals surface area (Å²) < 4.78 is 13.3. The maximum absolute atomic E-state index is 13.3. The molecule has 0 aliphatic heterocycles. The first kappa shape index (κ1) is 10.6. The van der Waals surface area contributed by atoms with Crippen LogP contribution in [0.5, 0.6) is 0 Å². The number of carbonyl (C=O) groups excluding carboxylic acids is 1. The lowest BCUT2D eigenvalue weighted by molar-refractivity contribution is -0.113. The highest BCUT2D eigenvalue weighted by Crippen LogP contribution is 2.19. The smallest absolute Gasteiger partial charge is 0.162 e. The molecule has 0 saturated heterocycles. The molecule has 0 aliphatic rings. The minimum atomic E-state index is -0.345. The molecule has 74 valence electrons. The molecule has 0 fully saturated rings. The van der Waals surface area contributed by atoms with Crippen molar-refractivity contribution in [3.05, 3.63) is 41.7 Å². The Morgan fingerprint density at radius 3 is 2.57 bits per heavy atom. The molecule has 1 rings (SSSR count). The van der Waals surface area contributed by atoms with E-state index in [1.165, 1.54) is 6.07 Å². The number of ketones is 1. The summed E-state index contributed by atoms with van der Waals surface area (Å²) in [5.41, 5.74) is 0.854. The van der Waals surface area contributed by atoms with Gasteiger partial charge < -0.3 is 0 Å². The predicted octanol–water partition coefficient (Wildman–Crippen LogP) is 3.21. The zero-order valence-corrected chi connectivity index (χ0v) is 8.38. The Morgan fingerprint density at radius 1 is 1.43 bits per heavy atom. The summed E-state index contributed by atoms with van der Waals surface area (Å²) >= 11 is 0. The second-order valence-electron chi connectivity index (χ2n) is 2.96. The van der Waals surface area contributed by atoms with Crippen LogP contribution in [0.15, 0.2) is 30.3 Å². The van der Waals surface area contributed by atoms with Gasteiger partial charge in [0.25, 0.3) is 0 Å². The Bertz CT molecular complexity index is 366. The molecule has 0 bridgehead atoms. The zero-order valence-electron chi connectivity index (χ0n) is 8.38. The van der Waals surface area contributed by atoms with Crippen LogP contribution in [-0.2, 0) is 4.79 Å². The SMILES string of the molecule is C/C=C(/C(=O)CC)c1ccccc1F. The second-order valence-corrected chi connectivity index (χ2v) is 2.96. The molecule has 0 aromatic heterocycles. The molecule has 1 aromatic carbocycles. The van der Waals surface area contributed by atoms with Crippen molar-refractivity contribution in [3.8, 4) is 0 Å². The van der Waals surface area contributed by atoms with Crippen LogP contribution in [0.25, 0.3) is 5.57 Å². The Labute approximate surface area is 83.3 Å². The first-order valence-corrected chi connectivity index (χ1v) is 4.65. The number of carbonyl (C=O) groups is 1. The standard InChI is InChI=1S/C12H13FO/c1-3-9(12(14)4-2)10-7-5-6-8-11(10)13/h3,5-8H,4H2,1-2H3/b9-3+. The van der Waals surface area contributed by atoms with Crippen molar-refractivity contribution >= 4 is 11.4 Å². The van der Waals surface area contributed by atoms with E-state index >= 15 is 0 Å². The van der Waals surface area contributed by atoms with E-state index in [0.29, 0.717) is 17.6 Å². The molecule has 0 heterocycles. The summed E-state index contributed by atoms with van der Waals surface area (Å²) in [5.74, 6) is -0.375. The molecule has 1 aromatic rings. The van der Waals surface area contributed by atoms with E-state index in [1.54, 1.807) is 38.1 Å². The van der Waals surface area contributed by atoms with Gasteiger partial charge in [0.15, 0.2) is 5.78 Å². The van der Waals surface area contributed by atoms with E-state index in [9.17, 15) is 9.18 Å². The lowest BCUT2D eigenvalue weighted by atomic mass is 10.00. The van der Waals surface area contributed by atoms with Gasteiger partial charge in [-0.15, -0.1) is 0 Å². The van der Waals surface area contributed by atoms with Crippen LogP contribution in [0, 0.1) is 5.82 Å². The van der Waals surface area contributed by atoms with Crippen LogP contribution < -0.4 is 0 Å². The molecular formula is C12H13FO. The highest BCUT2D eigenvalue weighted by molar-refractivity contribution is 6.20. The third-order valence-corrected chi connectivity index (χ3v) is 2.07. The molecular weight excluding hydrogens is 179 g/mol. The molecule has 14 heavy (non-hydrogen) atoms. The fraction of sp³-hybridized carbons (Fsp3) is 0.250. The first-order chi connectivity index (χ1) is 6.70. The fourth-order valence-electron chi connectivity index (χ4n) is 1.34. The largest absolute Gasteiger partial charge is 0.294 e. The van der Waals surface area contributed by atoms with Gasteiger partial charge in [-0.05, 0) is 13.0 Å². The zero-order chi connectivity index (χ0) is 10.6. The number of hydrogen-bond acceptors (Lipinski definition) is 1. The van der Waals surface area contributed by atoms with Gasteiger partial charge in [-0.2, -0.15) is 0 Å². The van der Waals surface area contributed by atoms with Gasteiger partial charge >= 0.3 is 0 Å². The predicted molar refractivity (Wildman–Crippen MR) is 55.3 cm³/mol. The third-order valence-electron chi connectivity index (χ3n) is 2.07. The van der Waals surface area contributed by atoms with Gasteiger partial charge in [0.2, 0.25) is 0 Å². The monoisotopic (exact) mass is 192 g/mol. The van der Waals surface area contributed by atoms with Gasteiger partial charge in [0.1, 0.15) is 5.82 Å². The molecule has 0 atom stereocenters. The average molecular weight is 192 g/mol. The van der Waals surface area contributed by atoms with Crippen LogP contribution in [0.1, 0.15) is 25.8 Å². The van der Waals surface area contributed by atoms with Crippen molar-refractivity contribution in [1.29, 1.82) is 0 Å². The highest BCUT2D eigenvalue weighted by atomic mass is 19.1. The number of allylic oxidation sites excluding steroid dienone is 2. The summed E-state index contributed by atoms with van der Waals surface area (Å²) in [6.07, 6.45) is 2.05. The topological polar surface area (TPSA) is 17.1 Å². The quantitative estimate of drug-likeness (QED) is 0.672. The molecule has 0 amide bonds. The van der Waals surface area contributed by atoms with E-state index < -0.39 is 0 Å². The number of halogens is 1. The van der Waals surface area contributed by atoms with Gasteiger partial charge in [0, 0.05) is 17.6 Å². The maximum Gasteiger partial charge on any atom is 0.162 e. The van der Waals surface area contributed by atoms with Gasteiger partial charge in [-0.3, -0.25) is 4.79 Å². The third kappa shape index (κ3) is 2.08. The van der Waals surface area contributed by atoms with Crippen molar-refractivity contribution in [3.63, 3.8) is 0 Å². The number of Topliss-reactive ketones (excluding diaryl/α,β-unsaturated/α-hetero) is 1. The fourth-order valence-corrected chi connectivity index (χ4v) is 1.34. The average Bonchev–Trinajstić information content (AvgIpc) is 2.21. The van der Waals surface area contributed by atoms with Gasteiger partial charge in [-0.25, -0.2) is 4.39 Å². The molecule has 0 radical (unpaired) electrons. The van der Waals surface area contributed by atoms with E-state index in [1.807, 2.05) is 0 Å². The molecule has 0 spiro atoms. The summed E-state index contributed by atoms with van der Waals surface area (Å²) in [5, 5.41) is 0. The minimum Gasteiger partial charge on any atom is -0.294 e. The summed E-state index contributed by atoms with van der Waals surface area (Å²) in [6.45, 7) is 3.52. The minimum absolute atomic E-state index is 0.0300. The van der Waals surface area contributed by atoms with E-state index in [0.717, 1.165) is 0 Å². The van der Waals surface area contributed by atoms with E-state index in [-0.39, 0.29) is 11.6 Å².